The number of amides is 1. The number of aromatic carboxylic acids is 1. The van der Waals surface area contributed by atoms with E-state index in [1.807, 2.05) is 0 Å². The monoisotopic (exact) mass is 268 g/mol. The normalized spacial score (nSPS) is 17.2. The molecular formula is C11H16N4O4. The predicted molar refractivity (Wildman–Crippen MR) is 65.7 cm³/mol. The fraction of sp³-hybridized carbons (Fsp3) is 0.545. The first-order chi connectivity index (χ1) is 9.00. The zero-order valence-corrected chi connectivity index (χ0v) is 10.6. The Morgan fingerprint density at radius 1 is 1.47 bits per heavy atom. The molecule has 1 atom stereocenters. The summed E-state index contributed by atoms with van der Waals surface area (Å²) in [6, 6.07) is -0.589. The highest BCUT2D eigenvalue weighted by Gasteiger charge is 2.25. The van der Waals surface area contributed by atoms with E-state index in [0.717, 1.165) is 0 Å². The molecule has 8 heteroatoms. The summed E-state index contributed by atoms with van der Waals surface area (Å²) in [5, 5.41) is 12.7. The Balaban J connectivity index is 2.14. The highest BCUT2D eigenvalue weighted by atomic mass is 16.5. The van der Waals surface area contributed by atoms with Gasteiger partial charge in [-0.1, -0.05) is 0 Å². The molecule has 1 aliphatic rings. The summed E-state index contributed by atoms with van der Waals surface area (Å²) in [7, 11) is 0. The second-order valence-corrected chi connectivity index (χ2v) is 4.33. The van der Waals surface area contributed by atoms with E-state index < -0.39 is 12.0 Å². The third kappa shape index (κ3) is 2.68. The molecule has 1 aliphatic heterocycles. The van der Waals surface area contributed by atoms with Crippen molar-refractivity contribution < 1.29 is 19.4 Å². The van der Waals surface area contributed by atoms with Crippen LogP contribution in [-0.2, 0) is 9.53 Å². The number of hydrogen-bond donors (Lipinski definition) is 2. The summed E-state index contributed by atoms with van der Waals surface area (Å²) in [6.45, 7) is 3.76. The van der Waals surface area contributed by atoms with Crippen LogP contribution in [0.1, 0.15) is 23.5 Å². The van der Waals surface area contributed by atoms with Crippen LogP contribution in [0.4, 0.5) is 5.69 Å². The number of morpholine rings is 1. The molecule has 1 saturated heterocycles. The minimum absolute atomic E-state index is 0.0501. The standard InChI is InChI=1S/C11H16N4O4/c1-7(10(16)14-2-4-19-5-3-14)15-6-8(12)9(13-15)11(17)18/h6-7H,2-5,12H2,1H3,(H,17,18). The van der Waals surface area contributed by atoms with Gasteiger partial charge in [0.1, 0.15) is 6.04 Å². The number of carbonyl (C=O) groups excluding carboxylic acids is 1. The lowest BCUT2D eigenvalue weighted by molar-refractivity contribution is -0.138. The Bertz CT molecular complexity index is 493. The Labute approximate surface area is 109 Å². The molecular weight excluding hydrogens is 252 g/mol. The van der Waals surface area contributed by atoms with Crippen molar-refractivity contribution in [2.24, 2.45) is 0 Å². The topological polar surface area (TPSA) is 111 Å². The Hall–Kier alpha value is -2.09. The van der Waals surface area contributed by atoms with Gasteiger partial charge in [0.25, 0.3) is 0 Å². The summed E-state index contributed by atoms with van der Waals surface area (Å²) in [4.78, 5) is 24.7. The van der Waals surface area contributed by atoms with E-state index in [1.54, 1.807) is 11.8 Å². The molecule has 2 heterocycles. The van der Waals surface area contributed by atoms with Crippen LogP contribution in [0.5, 0.6) is 0 Å². The van der Waals surface area contributed by atoms with Crippen molar-refractivity contribution in [1.82, 2.24) is 14.7 Å². The lowest BCUT2D eigenvalue weighted by Gasteiger charge is -2.29. The Kier molecular flexibility index (Phi) is 3.70. The molecule has 8 nitrogen and oxygen atoms in total. The first-order valence-electron chi connectivity index (χ1n) is 5.95. The molecule has 104 valence electrons. The molecule has 3 N–H and O–H groups in total. The zero-order chi connectivity index (χ0) is 14.0. The van der Waals surface area contributed by atoms with E-state index in [4.69, 9.17) is 15.6 Å². The average molecular weight is 268 g/mol. The van der Waals surface area contributed by atoms with Gasteiger partial charge in [-0.2, -0.15) is 5.10 Å². The number of anilines is 1. The number of aromatic nitrogens is 2. The van der Waals surface area contributed by atoms with Gasteiger partial charge < -0.3 is 20.5 Å². The van der Waals surface area contributed by atoms with Crippen LogP contribution in [0, 0.1) is 0 Å². The molecule has 0 saturated carbocycles. The van der Waals surface area contributed by atoms with Crippen molar-refractivity contribution >= 4 is 17.6 Å². The van der Waals surface area contributed by atoms with Crippen LogP contribution in [0.3, 0.4) is 0 Å². The summed E-state index contributed by atoms with van der Waals surface area (Å²) < 4.78 is 6.46. The number of carboxylic acids is 1. The molecule has 0 radical (unpaired) electrons. The molecule has 1 amide bonds. The number of carbonyl (C=O) groups is 2. The first kappa shape index (κ1) is 13.3. The number of rotatable bonds is 3. The van der Waals surface area contributed by atoms with Gasteiger partial charge in [0.05, 0.1) is 18.9 Å². The van der Waals surface area contributed by atoms with Crippen molar-refractivity contribution in [1.29, 1.82) is 0 Å². The summed E-state index contributed by atoms with van der Waals surface area (Å²) in [6.07, 6.45) is 1.37. The molecule has 19 heavy (non-hydrogen) atoms. The van der Waals surface area contributed by atoms with Gasteiger partial charge in [-0.25, -0.2) is 4.79 Å². The maximum Gasteiger partial charge on any atom is 0.358 e. The largest absolute Gasteiger partial charge is 0.476 e. The molecule has 0 aromatic carbocycles. The minimum atomic E-state index is -1.21. The lowest BCUT2D eigenvalue weighted by atomic mass is 10.2. The van der Waals surface area contributed by atoms with Crippen LogP contribution in [0.15, 0.2) is 6.20 Å². The predicted octanol–water partition coefficient (Wildman–Crippen LogP) is -0.417. The summed E-state index contributed by atoms with van der Waals surface area (Å²) >= 11 is 0. The van der Waals surface area contributed by atoms with Crippen molar-refractivity contribution in [3.63, 3.8) is 0 Å². The van der Waals surface area contributed by atoms with E-state index in [0.29, 0.717) is 26.3 Å². The van der Waals surface area contributed by atoms with Gasteiger partial charge in [-0.3, -0.25) is 9.48 Å². The van der Waals surface area contributed by atoms with Gasteiger partial charge in [0, 0.05) is 19.3 Å². The van der Waals surface area contributed by atoms with Crippen LogP contribution in [0.2, 0.25) is 0 Å². The first-order valence-corrected chi connectivity index (χ1v) is 5.95. The van der Waals surface area contributed by atoms with Crippen LogP contribution in [0.25, 0.3) is 0 Å². The van der Waals surface area contributed by atoms with Crippen molar-refractivity contribution in [3.05, 3.63) is 11.9 Å². The molecule has 0 bridgehead atoms. The van der Waals surface area contributed by atoms with Gasteiger partial charge in [0.2, 0.25) is 5.91 Å². The molecule has 1 unspecified atom stereocenters. The van der Waals surface area contributed by atoms with E-state index in [1.165, 1.54) is 10.9 Å². The maximum absolute atomic E-state index is 12.2. The highest BCUT2D eigenvalue weighted by Crippen LogP contribution is 2.16. The summed E-state index contributed by atoms with van der Waals surface area (Å²) in [5.41, 5.74) is 5.37. The average Bonchev–Trinajstić information content (AvgIpc) is 2.80. The molecule has 1 aromatic heterocycles. The lowest BCUT2D eigenvalue weighted by Crippen LogP contribution is -2.43. The Morgan fingerprint density at radius 2 is 2.11 bits per heavy atom. The number of nitrogen functional groups attached to an aromatic ring is 1. The minimum Gasteiger partial charge on any atom is -0.476 e. The van der Waals surface area contributed by atoms with E-state index in [9.17, 15) is 9.59 Å². The quantitative estimate of drug-likeness (QED) is 0.770. The van der Waals surface area contributed by atoms with Crippen molar-refractivity contribution in [3.8, 4) is 0 Å². The third-order valence-electron chi connectivity index (χ3n) is 3.04. The van der Waals surface area contributed by atoms with Crippen LogP contribution < -0.4 is 5.73 Å². The third-order valence-corrected chi connectivity index (χ3v) is 3.04. The fourth-order valence-electron chi connectivity index (χ4n) is 1.93. The molecule has 0 spiro atoms. The SMILES string of the molecule is CC(C(=O)N1CCOCC1)n1cc(N)c(C(=O)O)n1. The smallest absolute Gasteiger partial charge is 0.358 e. The number of carboxylic acid groups (broad SMARTS) is 1. The second kappa shape index (κ2) is 5.27. The fourth-order valence-corrected chi connectivity index (χ4v) is 1.93. The summed E-state index contributed by atoms with van der Waals surface area (Å²) in [5.74, 6) is -1.33. The van der Waals surface area contributed by atoms with E-state index >= 15 is 0 Å². The zero-order valence-electron chi connectivity index (χ0n) is 10.6. The Morgan fingerprint density at radius 3 is 2.63 bits per heavy atom. The number of ether oxygens (including phenoxy) is 1. The maximum atomic E-state index is 12.2. The highest BCUT2D eigenvalue weighted by molar-refractivity contribution is 5.91. The van der Waals surface area contributed by atoms with Gasteiger partial charge in [0.15, 0.2) is 5.69 Å². The second-order valence-electron chi connectivity index (χ2n) is 4.33. The number of hydrogen-bond acceptors (Lipinski definition) is 5. The van der Waals surface area contributed by atoms with Gasteiger partial charge in [-0.05, 0) is 6.92 Å². The van der Waals surface area contributed by atoms with Gasteiger partial charge >= 0.3 is 5.97 Å². The van der Waals surface area contributed by atoms with E-state index in [-0.39, 0.29) is 17.3 Å². The molecule has 1 aromatic rings. The molecule has 2 rings (SSSR count). The van der Waals surface area contributed by atoms with Crippen molar-refractivity contribution in [2.45, 2.75) is 13.0 Å². The van der Waals surface area contributed by atoms with Crippen LogP contribution >= 0.6 is 0 Å². The number of nitrogens with zero attached hydrogens (tertiary/aromatic N) is 3. The molecule has 0 aliphatic carbocycles. The van der Waals surface area contributed by atoms with E-state index in [2.05, 4.69) is 5.10 Å². The van der Waals surface area contributed by atoms with Crippen molar-refractivity contribution in [2.75, 3.05) is 32.0 Å². The van der Waals surface area contributed by atoms with Gasteiger partial charge in [-0.15, -0.1) is 0 Å². The number of nitrogens with two attached hydrogens (primary N) is 1. The molecule has 1 fully saturated rings. The van der Waals surface area contributed by atoms with Crippen LogP contribution in [-0.4, -0.2) is 58.0 Å².